The lowest BCUT2D eigenvalue weighted by atomic mass is 10.2. The zero-order valence-electron chi connectivity index (χ0n) is 8.74. The van der Waals surface area contributed by atoms with E-state index >= 15 is 0 Å². The minimum absolute atomic E-state index is 0.0355. The second kappa shape index (κ2) is 6.62. The van der Waals surface area contributed by atoms with Gasteiger partial charge in [0.1, 0.15) is 5.76 Å². The van der Waals surface area contributed by atoms with Gasteiger partial charge in [0.25, 0.3) is 0 Å². The molecule has 80 valence electrons. The van der Waals surface area contributed by atoms with E-state index in [9.17, 15) is 0 Å². The highest BCUT2D eigenvalue weighted by atomic mass is 16.5. The number of hydrogen-bond acceptors (Lipinski definition) is 3. The highest BCUT2D eigenvalue weighted by Crippen LogP contribution is 2.13. The van der Waals surface area contributed by atoms with Crippen LogP contribution in [0.2, 0.25) is 0 Å². The molecule has 0 aliphatic carbocycles. The molecule has 2 N–H and O–H groups in total. The molecule has 0 saturated heterocycles. The van der Waals surface area contributed by atoms with Gasteiger partial charge in [-0.1, -0.05) is 13.3 Å². The van der Waals surface area contributed by atoms with Crippen LogP contribution >= 0.6 is 0 Å². The molecule has 0 spiro atoms. The average molecular weight is 197 g/mol. The number of hydrogen-bond donors (Lipinski definition) is 1. The third-order valence-corrected chi connectivity index (χ3v) is 2.12. The first-order valence-corrected chi connectivity index (χ1v) is 5.21. The van der Waals surface area contributed by atoms with E-state index in [2.05, 4.69) is 6.92 Å². The summed E-state index contributed by atoms with van der Waals surface area (Å²) in [5.41, 5.74) is 5.88. The molecule has 0 aromatic carbocycles. The Labute approximate surface area is 85.2 Å². The minimum atomic E-state index is -0.0355. The molecule has 3 nitrogen and oxygen atoms in total. The minimum Gasteiger partial charge on any atom is -0.468 e. The molecular weight excluding hydrogens is 178 g/mol. The molecule has 0 fully saturated rings. The van der Waals surface area contributed by atoms with Crippen molar-refractivity contribution in [1.82, 2.24) is 0 Å². The Morgan fingerprint density at radius 3 is 3.00 bits per heavy atom. The fourth-order valence-electron chi connectivity index (χ4n) is 1.20. The van der Waals surface area contributed by atoms with Gasteiger partial charge in [-0.2, -0.15) is 0 Å². The van der Waals surface area contributed by atoms with Gasteiger partial charge in [-0.25, -0.2) is 0 Å². The Hall–Kier alpha value is -0.800. The molecule has 0 saturated carbocycles. The summed E-state index contributed by atoms with van der Waals surface area (Å²) in [6.45, 7) is 3.70. The van der Waals surface area contributed by atoms with Crippen LogP contribution in [0.5, 0.6) is 0 Å². The lowest BCUT2D eigenvalue weighted by Gasteiger charge is -2.08. The summed E-state index contributed by atoms with van der Waals surface area (Å²) in [5, 5.41) is 0. The first-order chi connectivity index (χ1) is 6.84. The maximum Gasteiger partial charge on any atom is 0.120 e. The van der Waals surface area contributed by atoms with Gasteiger partial charge in [0.05, 0.1) is 12.3 Å². The van der Waals surface area contributed by atoms with Gasteiger partial charge in [0, 0.05) is 13.2 Å². The van der Waals surface area contributed by atoms with Crippen LogP contribution in [0.3, 0.4) is 0 Å². The van der Waals surface area contributed by atoms with Gasteiger partial charge in [-0.05, 0) is 25.0 Å². The highest BCUT2D eigenvalue weighted by Gasteiger charge is 2.07. The average Bonchev–Trinajstić information content (AvgIpc) is 2.70. The topological polar surface area (TPSA) is 48.4 Å². The summed E-state index contributed by atoms with van der Waals surface area (Å²) >= 11 is 0. The standard InChI is InChI=1S/C11H19NO2/c1-2-3-7-13-9-6-10(12)11-5-4-8-14-11/h4-5,8,10H,2-3,6-7,9,12H2,1H3. The van der Waals surface area contributed by atoms with Gasteiger partial charge in [0.2, 0.25) is 0 Å². The largest absolute Gasteiger partial charge is 0.468 e. The van der Waals surface area contributed by atoms with E-state index in [-0.39, 0.29) is 6.04 Å². The Morgan fingerprint density at radius 2 is 2.36 bits per heavy atom. The number of furan rings is 1. The van der Waals surface area contributed by atoms with Gasteiger partial charge >= 0.3 is 0 Å². The molecule has 0 aliphatic heterocycles. The maximum atomic E-state index is 5.88. The van der Waals surface area contributed by atoms with Crippen LogP contribution in [0.25, 0.3) is 0 Å². The van der Waals surface area contributed by atoms with E-state index in [1.807, 2.05) is 12.1 Å². The summed E-state index contributed by atoms with van der Waals surface area (Å²) < 4.78 is 10.6. The molecule has 1 heterocycles. The van der Waals surface area contributed by atoms with E-state index in [1.54, 1.807) is 6.26 Å². The molecule has 0 bridgehead atoms. The van der Waals surface area contributed by atoms with Gasteiger partial charge in [0.15, 0.2) is 0 Å². The van der Waals surface area contributed by atoms with Crippen LogP contribution in [0.1, 0.15) is 38.0 Å². The summed E-state index contributed by atoms with van der Waals surface area (Å²) in [6, 6.07) is 3.72. The van der Waals surface area contributed by atoms with Crippen molar-refractivity contribution < 1.29 is 9.15 Å². The van der Waals surface area contributed by atoms with E-state index in [0.29, 0.717) is 6.61 Å². The number of unbranched alkanes of at least 4 members (excludes halogenated alkanes) is 1. The Balaban J connectivity index is 2.07. The smallest absolute Gasteiger partial charge is 0.120 e. The van der Waals surface area contributed by atoms with Crippen molar-refractivity contribution in [3.8, 4) is 0 Å². The summed E-state index contributed by atoms with van der Waals surface area (Å²) in [5.74, 6) is 0.837. The van der Waals surface area contributed by atoms with Crippen LogP contribution in [0.15, 0.2) is 22.8 Å². The predicted octanol–water partition coefficient (Wildman–Crippen LogP) is 2.49. The third-order valence-electron chi connectivity index (χ3n) is 2.12. The molecule has 0 amide bonds. The number of ether oxygens (including phenoxy) is 1. The van der Waals surface area contributed by atoms with E-state index < -0.39 is 0 Å². The normalized spacial score (nSPS) is 13.0. The lowest BCUT2D eigenvalue weighted by Crippen LogP contribution is -2.12. The maximum absolute atomic E-state index is 5.88. The van der Waals surface area contributed by atoms with Crippen LogP contribution in [-0.2, 0) is 4.74 Å². The van der Waals surface area contributed by atoms with E-state index in [1.165, 1.54) is 6.42 Å². The fourth-order valence-corrected chi connectivity index (χ4v) is 1.20. The molecule has 0 aliphatic rings. The van der Waals surface area contributed by atoms with Gasteiger partial charge in [-0.15, -0.1) is 0 Å². The summed E-state index contributed by atoms with van der Waals surface area (Å²) in [6.07, 6.45) is 4.75. The molecule has 3 heteroatoms. The molecule has 1 unspecified atom stereocenters. The van der Waals surface area contributed by atoms with Crippen molar-refractivity contribution in [3.05, 3.63) is 24.2 Å². The molecule has 1 atom stereocenters. The van der Waals surface area contributed by atoms with E-state index in [4.69, 9.17) is 14.9 Å². The highest BCUT2D eigenvalue weighted by molar-refractivity contribution is 5.03. The Kier molecular flexibility index (Phi) is 5.33. The van der Waals surface area contributed by atoms with Gasteiger partial charge < -0.3 is 14.9 Å². The number of rotatable bonds is 7. The van der Waals surface area contributed by atoms with Gasteiger partial charge in [-0.3, -0.25) is 0 Å². The lowest BCUT2D eigenvalue weighted by molar-refractivity contribution is 0.122. The zero-order chi connectivity index (χ0) is 10.2. The van der Waals surface area contributed by atoms with E-state index in [0.717, 1.165) is 25.2 Å². The molecular formula is C11H19NO2. The van der Waals surface area contributed by atoms with Crippen molar-refractivity contribution in [2.45, 2.75) is 32.2 Å². The first kappa shape index (κ1) is 11.3. The zero-order valence-corrected chi connectivity index (χ0v) is 8.74. The van der Waals surface area contributed by atoms with Crippen LogP contribution in [0, 0.1) is 0 Å². The monoisotopic (exact) mass is 197 g/mol. The van der Waals surface area contributed by atoms with Crippen molar-refractivity contribution in [1.29, 1.82) is 0 Å². The second-order valence-corrected chi connectivity index (χ2v) is 3.38. The van der Waals surface area contributed by atoms with Crippen LogP contribution in [0.4, 0.5) is 0 Å². The van der Waals surface area contributed by atoms with Crippen molar-refractivity contribution in [2.24, 2.45) is 5.73 Å². The summed E-state index contributed by atoms with van der Waals surface area (Å²) in [4.78, 5) is 0. The third kappa shape index (κ3) is 3.94. The fraction of sp³-hybridized carbons (Fsp3) is 0.636. The first-order valence-electron chi connectivity index (χ1n) is 5.21. The van der Waals surface area contributed by atoms with Crippen molar-refractivity contribution in [3.63, 3.8) is 0 Å². The molecule has 1 aromatic rings. The van der Waals surface area contributed by atoms with Crippen LogP contribution in [-0.4, -0.2) is 13.2 Å². The second-order valence-electron chi connectivity index (χ2n) is 3.38. The molecule has 1 rings (SSSR count). The van der Waals surface area contributed by atoms with Crippen molar-refractivity contribution in [2.75, 3.05) is 13.2 Å². The number of nitrogens with two attached hydrogens (primary N) is 1. The van der Waals surface area contributed by atoms with Crippen molar-refractivity contribution >= 4 is 0 Å². The van der Waals surface area contributed by atoms with Crippen LogP contribution < -0.4 is 5.73 Å². The molecule has 0 radical (unpaired) electrons. The summed E-state index contributed by atoms with van der Waals surface area (Å²) in [7, 11) is 0. The molecule has 1 aromatic heterocycles. The SMILES string of the molecule is CCCCOCCC(N)c1ccco1. The quantitative estimate of drug-likeness (QED) is 0.683. The Morgan fingerprint density at radius 1 is 1.50 bits per heavy atom. The molecule has 14 heavy (non-hydrogen) atoms. The Bertz CT molecular complexity index is 221. The predicted molar refractivity (Wildman–Crippen MR) is 56.0 cm³/mol.